The fourth-order valence-corrected chi connectivity index (χ4v) is 4.71. The van der Waals surface area contributed by atoms with Crippen molar-refractivity contribution in [3.63, 3.8) is 0 Å². The number of aryl methyl sites for hydroxylation is 2. The third-order valence-electron chi connectivity index (χ3n) is 5.53. The monoisotopic (exact) mass is 591 g/mol. The fourth-order valence-electron chi connectivity index (χ4n) is 3.37. The Balaban J connectivity index is 1.35. The topological polar surface area (TPSA) is 170 Å². The van der Waals surface area contributed by atoms with Crippen molar-refractivity contribution >= 4 is 42.5 Å². The number of carbonyl (C=O) groups excluding carboxylic acids is 1. The van der Waals surface area contributed by atoms with Crippen molar-refractivity contribution in [2.45, 2.75) is 27.0 Å². The molecular formula is C25H27ClN5O8P. The number of nitrogen functional groups attached to an aromatic ring is 1. The number of rotatable bonds is 12. The number of nitrogens with two attached hydrogens (primary N) is 1. The number of nitrogens with zero attached hydrogens (tertiary/aromatic N) is 3. The maximum absolute atomic E-state index is 13.5. The Hall–Kier alpha value is -3.74. The van der Waals surface area contributed by atoms with Gasteiger partial charge in [-0.25, -0.2) is 9.78 Å². The molecule has 0 aliphatic heterocycles. The minimum absolute atomic E-state index is 0.0310. The lowest BCUT2D eigenvalue weighted by molar-refractivity contribution is 0.0154. The van der Waals surface area contributed by atoms with Gasteiger partial charge in [0.2, 0.25) is 12.7 Å². The molecule has 0 aliphatic rings. The first-order valence-corrected chi connectivity index (χ1v) is 14.1. The quantitative estimate of drug-likeness (QED) is 0.0779. The van der Waals surface area contributed by atoms with Crippen molar-refractivity contribution < 1.29 is 32.6 Å². The van der Waals surface area contributed by atoms with E-state index in [1.54, 1.807) is 47.0 Å². The summed E-state index contributed by atoms with van der Waals surface area (Å²) in [6.07, 6.45) is -0.0988. The maximum Gasteiger partial charge on any atom is 0.515 e. The predicted octanol–water partition coefficient (Wildman–Crippen LogP) is 4.55. The molecule has 13 nitrogen and oxygen atoms in total. The second-order valence-electron chi connectivity index (χ2n) is 8.62. The van der Waals surface area contributed by atoms with Crippen molar-refractivity contribution in [3.8, 4) is 5.75 Å². The summed E-state index contributed by atoms with van der Waals surface area (Å²) in [5.74, 6) is 0.225. The molecular weight excluding hydrogens is 565 g/mol. The van der Waals surface area contributed by atoms with Crippen LogP contribution in [0.3, 0.4) is 0 Å². The van der Waals surface area contributed by atoms with Crippen molar-refractivity contribution in [2.24, 2.45) is 0 Å². The molecule has 0 bridgehead atoms. The minimum atomic E-state index is -3.94. The zero-order valence-corrected chi connectivity index (χ0v) is 23.3. The van der Waals surface area contributed by atoms with Crippen molar-refractivity contribution in [3.05, 3.63) is 80.9 Å². The summed E-state index contributed by atoms with van der Waals surface area (Å²) in [5, 5.41) is 0.524. The predicted molar refractivity (Wildman–Crippen MR) is 146 cm³/mol. The van der Waals surface area contributed by atoms with Crippen LogP contribution >= 0.6 is 19.2 Å². The van der Waals surface area contributed by atoms with Crippen LogP contribution in [0.25, 0.3) is 11.2 Å². The third kappa shape index (κ3) is 7.90. The number of nitrogens with one attached hydrogen (secondary N) is 1. The Bertz CT molecular complexity index is 1590. The molecule has 0 spiro atoms. The molecule has 0 radical (unpaired) electrons. The molecule has 2 heterocycles. The number of halogens is 1. The number of anilines is 1. The number of imidazole rings is 1. The first-order chi connectivity index (χ1) is 19.1. The van der Waals surface area contributed by atoms with Gasteiger partial charge in [0.25, 0.3) is 5.56 Å². The standard InChI is InChI=1S/C25H27ClN5O8P/c1-16-3-7-19(8-4-16)39-25(33)36-14-38-40(34,37-12-18-6-5-17(2)20(26)11-18)15-35-10-9-31-13-28-21-22(31)29-24(27)30-23(21)32/h3-8,11,13H,9-10,12,14-15H2,1-2H3,(H3,27,29,30,32). The zero-order valence-electron chi connectivity index (χ0n) is 21.7. The van der Waals surface area contributed by atoms with Crippen LogP contribution in [0, 0.1) is 13.8 Å². The summed E-state index contributed by atoms with van der Waals surface area (Å²) in [7, 11) is -3.94. The van der Waals surface area contributed by atoms with Gasteiger partial charge in [-0.3, -0.25) is 18.9 Å². The van der Waals surface area contributed by atoms with Crippen LogP contribution in [-0.4, -0.2) is 45.4 Å². The normalized spacial score (nSPS) is 12.8. The number of hydrogen-bond acceptors (Lipinski definition) is 11. The average molecular weight is 592 g/mol. The number of aromatic amines is 1. The van der Waals surface area contributed by atoms with Gasteiger partial charge in [-0.05, 0) is 43.2 Å². The molecule has 0 saturated heterocycles. The number of carbonyl (C=O) groups is 1. The molecule has 3 N–H and O–H groups in total. The van der Waals surface area contributed by atoms with Gasteiger partial charge in [0, 0.05) is 11.6 Å². The Labute approximate surface area is 233 Å². The van der Waals surface area contributed by atoms with Crippen LogP contribution in [-0.2, 0) is 36.2 Å². The van der Waals surface area contributed by atoms with Gasteiger partial charge in [-0.1, -0.05) is 41.4 Å². The van der Waals surface area contributed by atoms with E-state index in [2.05, 4.69) is 15.0 Å². The maximum atomic E-state index is 13.5. The van der Waals surface area contributed by atoms with Crippen LogP contribution in [0.15, 0.2) is 53.6 Å². The molecule has 4 aromatic rings. The molecule has 2 aromatic heterocycles. The van der Waals surface area contributed by atoms with Crippen LogP contribution in [0.5, 0.6) is 5.75 Å². The number of hydrogen-bond donors (Lipinski definition) is 2. The van der Waals surface area contributed by atoms with E-state index in [9.17, 15) is 14.2 Å². The number of ether oxygens (including phenoxy) is 3. The van der Waals surface area contributed by atoms with E-state index in [4.69, 9.17) is 40.6 Å². The zero-order chi connectivity index (χ0) is 28.7. The Morgan fingerprint density at radius 1 is 1.15 bits per heavy atom. The highest BCUT2D eigenvalue weighted by Crippen LogP contribution is 2.49. The third-order valence-corrected chi connectivity index (χ3v) is 7.46. The lowest BCUT2D eigenvalue weighted by Crippen LogP contribution is -2.15. The van der Waals surface area contributed by atoms with Crippen molar-refractivity contribution in [1.82, 2.24) is 19.5 Å². The number of benzene rings is 2. The number of aromatic nitrogens is 4. The van der Waals surface area contributed by atoms with Crippen molar-refractivity contribution in [1.29, 1.82) is 0 Å². The van der Waals surface area contributed by atoms with Gasteiger partial charge >= 0.3 is 13.8 Å². The highest BCUT2D eigenvalue weighted by molar-refractivity contribution is 7.53. The smallest absolute Gasteiger partial charge is 0.406 e. The van der Waals surface area contributed by atoms with Gasteiger partial charge in [-0.15, -0.1) is 0 Å². The van der Waals surface area contributed by atoms with Crippen LogP contribution in [0.2, 0.25) is 5.02 Å². The lowest BCUT2D eigenvalue weighted by Gasteiger charge is -2.19. The Morgan fingerprint density at radius 2 is 1.93 bits per heavy atom. The molecule has 2 aromatic carbocycles. The second kappa shape index (κ2) is 13.1. The van der Waals surface area contributed by atoms with E-state index in [0.717, 1.165) is 11.1 Å². The molecule has 0 fully saturated rings. The van der Waals surface area contributed by atoms with E-state index in [0.29, 0.717) is 10.6 Å². The van der Waals surface area contributed by atoms with Gasteiger partial charge in [-0.2, -0.15) is 4.98 Å². The molecule has 1 unspecified atom stereocenters. The number of H-pyrrole nitrogens is 1. The average Bonchev–Trinajstić information content (AvgIpc) is 3.32. The van der Waals surface area contributed by atoms with Gasteiger partial charge in [0.05, 0.1) is 19.5 Å². The largest absolute Gasteiger partial charge is 0.515 e. The molecule has 0 saturated carbocycles. The summed E-state index contributed by atoms with van der Waals surface area (Å²) in [5.41, 5.74) is 8.07. The van der Waals surface area contributed by atoms with Crippen LogP contribution in [0.4, 0.5) is 10.7 Å². The van der Waals surface area contributed by atoms with E-state index in [-0.39, 0.29) is 42.6 Å². The first-order valence-electron chi connectivity index (χ1n) is 11.9. The molecule has 40 heavy (non-hydrogen) atoms. The molecule has 1 atom stereocenters. The van der Waals surface area contributed by atoms with Gasteiger partial charge < -0.3 is 29.0 Å². The lowest BCUT2D eigenvalue weighted by atomic mass is 10.2. The van der Waals surface area contributed by atoms with E-state index < -0.39 is 32.5 Å². The van der Waals surface area contributed by atoms with Gasteiger partial charge in [0.1, 0.15) is 12.1 Å². The Morgan fingerprint density at radius 3 is 2.67 bits per heavy atom. The molecule has 0 amide bonds. The molecule has 0 aliphatic carbocycles. The van der Waals surface area contributed by atoms with E-state index >= 15 is 0 Å². The number of fused-ring (bicyclic) bond motifs is 1. The fraction of sp³-hybridized carbons (Fsp3) is 0.280. The SMILES string of the molecule is Cc1ccc(OC(=O)OCOP(=O)(COCCn2cnc3c(=O)[nH]c(N)nc32)OCc2ccc(C)c(Cl)c2)cc1. The summed E-state index contributed by atoms with van der Waals surface area (Å²) < 4.78 is 41.5. The molecule has 15 heteroatoms. The highest BCUT2D eigenvalue weighted by atomic mass is 35.5. The first kappa shape index (κ1) is 29.2. The molecule has 212 valence electrons. The highest BCUT2D eigenvalue weighted by Gasteiger charge is 2.27. The van der Waals surface area contributed by atoms with Crippen LogP contribution in [0.1, 0.15) is 16.7 Å². The van der Waals surface area contributed by atoms with Crippen molar-refractivity contribution in [2.75, 3.05) is 25.5 Å². The minimum Gasteiger partial charge on any atom is -0.406 e. The Kier molecular flexibility index (Phi) is 9.56. The molecule has 4 rings (SSSR count). The van der Waals surface area contributed by atoms with E-state index in [1.807, 2.05) is 13.8 Å². The summed E-state index contributed by atoms with van der Waals surface area (Å²) in [6.45, 7) is 3.17. The van der Waals surface area contributed by atoms with Gasteiger partial charge in [0.15, 0.2) is 11.2 Å². The van der Waals surface area contributed by atoms with E-state index in [1.165, 1.54) is 6.33 Å². The summed E-state index contributed by atoms with van der Waals surface area (Å²) >= 11 is 6.18. The summed E-state index contributed by atoms with van der Waals surface area (Å²) in [4.78, 5) is 34.5. The second-order valence-corrected chi connectivity index (χ2v) is 11.0. The summed E-state index contributed by atoms with van der Waals surface area (Å²) in [6, 6.07) is 12.0. The van der Waals surface area contributed by atoms with Crippen LogP contribution < -0.4 is 16.0 Å².